The summed E-state index contributed by atoms with van der Waals surface area (Å²) in [5.41, 5.74) is 4.68. The number of rotatable bonds is 3. The summed E-state index contributed by atoms with van der Waals surface area (Å²) >= 11 is 0. The first-order valence-corrected chi connectivity index (χ1v) is 5.65. The average molecular weight is 233 g/mol. The van der Waals surface area contributed by atoms with Crippen LogP contribution >= 0.6 is 0 Å². The highest BCUT2D eigenvalue weighted by Gasteiger charge is 2.15. The molecule has 0 saturated heterocycles. The van der Waals surface area contributed by atoms with Gasteiger partial charge >= 0.3 is 0 Å². The third kappa shape index (κ3) is 3.16. The Morgan fingerprint density at radius 3 is 2.12 bits per heavy atom. The first kappa shape index (κ1) is 13.4. The lowest BCUT2D eigenvalue weighted by Crippen LogP contribution is -2.31. The Morgan fingerprint density at radius 1 is 1.06 bits per heavy atom. The van der Waals surface area contributed by atoms with Crippen molar-refractivity contribution in [2.75, 3.05) is 7.05 Å². The van der Waals surface area contributed by atoms with Crippen molar-refractivity contribution in [3.05, 3.63) is 34.4 Å². The van der Waals surface area contributed by atoms with E-state index in [2.05, 4.69) is 19.1 Å². The van der Waals surface area contributed by atoms with E-state index in [0.717, 1.165) is 11.1 Å². The Bertz CT molecular complexity index is 464. The number of benzene rings is 1. The Balaban J connectivity index is 2.92. The predicted molar refractivity (Wildman–Crippen MR) is 67.8 cm³/mol. The SMILES string of the molecule is CC(=O)C(=O)N(C)Cc1cc(C)c(C)cc1C. The molecule has 0 radical (unpaired) electrons. The minimum absolute atomic E-state index is 0.422. The molecule has 0 atom stereocenters. The molecule has 0 saturated carbocycles. The average Bonchev–Trinajstić information content (AvgIpc) is 2.24. The third-order valence-corrected chi connectivity index (χ3v) is 3.01. The molecule has 0 aliphatic rings. The molecule has 3 heteroatoms. The maximum atomic E-state index is 11.5. The molecule has 0 N–H and O–H groups in total. The normalized spacial score (nSPS) is 10.2. The highest BCUT2D eigenvalue weighted by atomic mass is 16.2. The standard InChI is InChI=1S/C14H19NO2/c1-9-6-11(3)13(7-10(9)2)8-15(5)14(17)12(4)16/h6-7H,8H2,1-5H3. The van der Waals surface area contributed by atoms with Gasteiger partial charge in [0.1, 0.15) is 0 Å². The topological polar surface area (TPSA) is 37.4 Å². The number of carbonyl (C=O) groups excluding carboxylic acids is 2. The van der Waals surface area contributed by atoms with Crippen LogP contribution in [-0.4, -0.2) is 23.6 Å². The fraction of sp³-hybridized carbons (Fsp3) is 0.429. The zero-order valence-corrected chi connectivity index (χ0v) is 11.1. The van der Waals surface area contributed by atoms with Crippen LogP contribution in [0.4, 0.5) is 0 Å². The molecule has 0 spiro atoms. The van der Waals surface area contributed by atoms with Crippen molar-refractivity contribution in [3.63, 3.8) is 0 Å². The van der Waals surface area contributed by atoms with Crippen LogP contribution in [0.3, 0.4) is 0 Å². The molecule has 0 aliphatic heterocycles. The second-order valence-corrected chi connectivity index (χ2v) is 4.58. The number of nitrogens with zero attached hydrogens (tertiary/aromatic N) is 1. The van der Waals surface area contributed by atoms with Gasteiger partial charge in [-0.15, -0.1) is 0 Å². The van der Waals surface area contributed by atoms with Gasteiger partial charge < -0.3 is 4.90 Å². The van der Waals surface area contributed by atoms with E-state index in [1.165, 1.54) is 23.0 Å². The molecule has 0 aliphatic carbocycles. The summed E-state index contributed by atoms with van der Waals surface area (Å²) in [6.45, 7) is 7.91. The second-order valence-electron chi connectivity index (χ2n) is 4.58. The smallest absolute Gasteiger partial charge is 0.289 e. The maximum absolute atomic E-state index is 11.5. The number of hydrogen-bond donors (Lipinski definition) is 0. The number of amides is 1. The lowest BCUT2D eigenvalue weighted by atomic mass is 10.0. The number of carbonyl (C=O) groups is 2. The Labute approximate surface area is 102 Å². The van der Waals surface area contributed by atoms with E-state index < -0.39 is 11.7 Å². The second kappa shape index (κ2) is 5.13. The molecule has 1 aromatic carbocycles. The summed E-state index contributed by atoms with van der Waals surface area (Å²) in [7, 11) is 1.65. The van der Waals surface area contributed by atoms with Crippen LogP contribution in [0.2, 0.25) is 0 Å². The number of Topliss-reactive ketones (excluding diaryl/α,β-unsaturated/α-hetero) is 1. The first-order chi connectivity index (χ1) is 7.82. The molecule has 0 bridgehead atoms. The number of likely N-dealkylation sites (N-methyl/N-ethyl adjacent to an activating group) is 1. The fourth-order valence-corrected chi connectivity index (χ4v) is 1.79. The van der Waals surface area contributed by atoms with Gasteiger partial charge in [-0.05, 0) is 43.0 Å². The van der Waals surface area contributed by atoms with Crippen molar-refractivity contribution >= 4 is 11.7 Å². The van der Waals surface area contributed by atoms with Gasteiger partial charge in [-0.3, -0.25) is 9.59 Å². The van der Waals surface area contributed by atoms with Crippen molar-refractivity contribution in [3.8, 4) is 0 Å². The van der Waals surface area contributed by atoms with Crippen LogP contribution in [0.25, 0.3) is 0 Å². The van der Waals surface area contributed by atoms with E-state index in [0.29, 0.717) is 6.54 Å². The van der Waals surface area contributed by atoms with Crippen LogP contribution in [0, 0.1) is 20.8 Å². The monoisotopic (exact) mass is 233 g/mol. The Kier molecular flexibility index (Phi) is 4.05. The largest absolute Gasteiger partial charge is 0.335 e. The summed E-state index contributed by atoms with van der Waals surface area (Å²) < 4.78 is 0. The van der Waals surface area contributed by atoms with Crippen molar-refractivity contribution in [1.29, 1.82) is 0 Å². The van der Waals surface area contributed by atoms with Crippen molar-refractivity contribution in [2.24, 2.45) is 0 Å². The summed E-state index contributed by atoms with van der Waals surface area (Å²) in [6, 6.07) is 4.19. The lowest BCUT2D eigenvalue weighted by Gasteiger charge is -2.18. The molecule has 1 rings (SSSR count). The van der Waals surface area contributed by atoms with E-state index in [1.807, 2.05) is 13.8 Å². The minimum Gasteiger partial charge on any atom is -0.335 e. The Hall–Kier alpha value is -1.64. The summed E-state index contributed by atoms with van der Waals surface area (Å²) in [5, 5.41) is 0. The van der Waals surface area contributed by atoms with Crippen molar-refractivity contribution in [1.82, 2.24) is 4.90 Å². The number of hydrogen-bond acceptors (Lipinski definition) is 2. The molecule has 92 valence electrons. The molecule has 0 aromatic heterocycles. The van der Waals surface area contributed by atoms with E-state index in [9.17, 15) is 9.59 Å². The summed E-state index contributed by atoms with van der Waals surface area (Å²) in [4.78, 5) is 23.9. The van der Waals surface area contributed by atoms with Crippen LogP contribution in [0.5, 0.6) is 0 Å². The van der Waals surface area contributed by atoms with Crippen LogP contribution in [0.1, 0.15) is 29.2 Å². The van der Waals surface area contributed by atoms with Gasteiger partial charge in [-0.25, -0.2) is 0 Å². The molecule has 17 heavy (non-hydrogen) atoms. The molecule has 0 fully saturated rings. The predicted octanol–water partition coefficient (Wildman–Crippen LogP) is 2.16. The molecular formula is C14H19NO2. The summed E-state index contributed by atoms with van der Waals surface area (Å²) in [6.07, 6.45) is 0. The van der Waals surface area contributed by atoms with Gasteiger partial charge in [0.15, 0.2) is 0 Å². The molecule has 3 nitrogen and oxygen atoms in total. The van der Waals surface area contributed by atoms with Gasteiger partial charge in [0, 0.05) is 20.5 Å². The lowest BCUT2D eigenvalue weighted by molar-refractivity contribution is -0.143. The highest BCUT2D eigenvalue weighted by molar-refractivity contribution is 6.34. The maximum Gasteiger partial charge on any atom is 0.289 e. The molecular weight excluding hydrogens is 214 g/mol. The Morgan fingerprint density at radius 2 is 1.59 bits per heavy atom. The van der Waals surface area contributed by atoms with Crippen LogP contribution in [0.15, 0.2) is 12.1 Å². The van der Waals surface area contributed by atoms with Crippen LogP contribution in [-0.2, 0) is 16.1 Å². The van der Waals surface area contributed by atoms with Gasteiger partial charge in [0.2, 0.25) is 5.78 Å². The van der Waals surface area contributed by atoms with E-state index in [4.69, 9.17) is 0 Å². The third-order valence-electron chi connectivity index (χ3n) is 3.01. The number of ketones is 1. The molecule has 0 heterocycles. The van der Waals surface area contributed by atoms with E-state index >= 15 is 0 Å². The quantitative estimate of drug-likeness (QED) is 0.750. The van der Waals surface area contributed by atoms with Crippen molar-refractivity contribution < 1.29 is 9.59 Å². The number of aryl methyl sites for hydroxylation is 3. The zero-order chi connectivity index (χ0) is 13.2. The van der Waals surface area contributed by atoms with E-state index in [1.54, 1.807) is 7.05 Å². The first-order valence-electron chi connectivity index (χ1n) is 5.65. The molecule has 0 unspecified atom stereocenters. The minimum atomic E-state index is -0.442. The van der Waals surface area contributed by atoms with Gasteiger partial charge in [-0.2, -0.15) is 0 Å². The summed E-state index contributed by atoms with van der Waals surface area (Å²) in [5.74, 6) is -0.864. The molecule has 1 amide bonds. The fourth-order valence-electron chi connectivity index (χ4n) is 1.79. The van der Waals surface area contributed by atoms with Gasteiger partial charge in [0.25, 0.3) is 5.91 Å². The molecule has 1 aromatic rings. The van der Waals surface area contributed by atoms with E-state index in [-0.39, 0.29) is 0 Å². The van der Waals surface area contributed by atoms with Crippen molar-refractivity contribution in [2.45, 2.75) is 34.2 Å². The van der Waals surface area contributed by atoms with Gasteiger partial charge in [-0.1, -0.05) is 12.1 Å². The van der Waals surface area contributed by atoms with Gasteiger partial charge in [0.05, 0.1) is 0 Å². The highest BCUT2D eigenvalue weighted by Crippen LogP contribution is 2.16. The zero-order valence-electron chi connectivity index (χ0n) is 11.1. The van der Waals surface area contributed by atoms with Crippen LogP contribution < -0.4 is 0 Å².